The first-order valence-electron chi connectivity index (χ1n) is 10.2. The molecule has 156 valence electrons. The standard InChI is InChI=1S/C23H30N2O3S/c1-17-15-18(2)22(19(3)16-17)29(27,28)25-13-10-21(11-14-25)23(26)24-12-9-20-7-5-4-6-8-20/h4-8,15-16,21H,9-14H2,1-3H3,(H,24,26). The van der Waals surface area contributed by atoms with E-state index in [2.05, 4.69) is 5.32 Å². The van der Waals surface area contributed by atoms with Crippen LogP contribution >= 0.6 is 0 Å². The van der Waals surface area contributed by atoms with Crippen molar-refractivity contribution in [3.63, 3.8) is 0 Å². The fraction of sp³-hybridized carbons (Fsp3) is 0.435. The predicted octanol–water partition coefficient (Wildman–Crippen LogP) is 3.37. The van der Waals surface area contributed by atoms with Crippen LogP contribution in [0.4, 0.5) is 0 Å². The molecular formula is C23H30N2O3S. The molecule has 0 bridgehead atoms. The summed E-state index contributed by atoms with van der Waals surface area (Å²) in [6, 6.07) is 13.9. The van der Waals surface area contributed by atoms with Crippen molar-refractivity contribution in [1.82, 2.24) is 9.62 Å². The first-order valence-corrected chi connectivity index (χ1v) is 11.6. The maximum absolute atomic E-state index is 13.2. The molecule has 1 fully saturated rings. The molecule has 0 aromatic heterocycles. The van der Waals surface area contributed by atoms with Crippen LogP contribution in [0, 0.1) is 26.7 Å². The molecule has 1 N–H and O–H groups in total. The molecule has 1 amide bonds. The molecule has 0 spiro atoms. The quantitative estimate of drug-likeness (QED) is 0.788. The summed E-state index contributed by atoms with van der Waals surface area (Å²) < 4.78 is 27.9. The van der Waals surface area contributed by atoms with Gasteiger partial charge in [0, 0.05) is 25.6 Å². The van der Waals surface area contributed by atoms with E-state index in [-0.39, 0.29) is 11.8 Å². The van der Waals surface area contributed by atoms with Crippen molar-refractivity contribution in [3.05, 3.63) is 64.7 Å². The van der Waals surface area contributed by atoms with Crippen molar-refractivity contribution in [2.45, 2.75) is 44.9 Å². The molecule has 6 heteroatoms. The highest BCUT2D eigenvalue weighted by molar-refractivity contribution is 7.89. The highest BCUT2D eigenvalue weighted by atomic mass is 32.2. The summed E-state index contributed by atoms with van der Waals surface area (Å²) in [6.07, 6.45) is 1.91. The molecule has 1 aliphatic rings. The van der Waals surface area contributed by atoms with Gasteiger partial charge in [-0.05, 0) is 56.7 Å². The second-order valence-electron chi connectivity index (χ2n) is 7.93. The number of nitrogens with zero attached hydrogens (tertiary/aromatic N) is 1. The van der Waals surface area contributed by atoms with Gasteiger partial charge in [-0.3, -0.25) is 4.79 Å². The van der Waals surface area contributed by atoms with Gasteiger partial charge >= 0.3 is 0 Å². The SMILES string of the molecule is Cc1cc(C)c(S(=O)(=O)N2CCC(C(=O)NCCc3ccccc3)CC2)c(C)c1. The summed E-state index contributed by atoms with van der Waals surface area (Å²) in [6.45, 7) is 7.03. The number of hydrogen-bond acceptors (Lipinski definition) is 3. The molecule has 0 radical (unpaired) electrons. The van der Waals surface area contributed by atoms with Crippen LogP contribution in [0.25, 0.3) is 0 Å². The van der Waals surface area contributed by atoms with Gasteiger partial charge in [-0.1, -0.05) is 48.0 Å². The average molecular weight is 415 g/mol. The summed E-state index contributed by atoms with van der Waals surface area (Å²) in [5.41, 5.74) is 3.81. The molecule has 0 aliphatic carbocycles. The lowest BCUT2D eigenvalue weighted by atomic mass is 9.97. The van der Waals surface area contributed by atoms with Crippen molar-refractivity contribution in [2.24, 2.45) is 5.92 Å². The third kappa shape index (κ3) is 5.06. The predicted molar refractivity (Wildman–Crippen MR) is 115 cm³/mol. The maximum atomic E-state index is 13.2. The highest BCUT2D eigenvalue weighted by Crippen LogP contribution is 2.28. The summed E-state index contributed by atoms with van der Waals surface area (Å²) in [7, 11) is -3.54. The largest absolute Gasteiger partial charge is 0.356 e. The third-order valence-corrected chi connectivity index (χ3v) is 7.79. The number of carbonyl (C=O) groups is 1. The van der Waals surface area contributed by atoms with Crippen molar-refractivity contribution in [2.75, 3.05) is 19.6 Å². The fourth-order valence-corrected chi connectivity index (χ4v) is 6.06. The van der Waals surface area contributed by atoms with Crippen molar-refractivity contribution in [3.8, 4) is 0 Å². The van der Waals surface area contributed by atoms with E-state index in [9.17, 15) is 13.2 Å². The van der Waals surface area contributed by atoms with E-state index in [0.29, 0.717) is 37.4 Å². The Labute approximate surface area is 174 Å². The van der Waals surface area contributed by atoms with Gasteiger partial charge in [0.1, 0.15) is 0 Å². The highest BCUT2D eigenvalue weighted by Gasteiger charge is 2.33. The minimum atomic E-state index is -3.54. The van der Waals surface area contributed by atoms with Gasteiger partial charge in [0.15, 0.2) is 0 Å². The van der Waals surface area contributed by atoms with E-state index >= 15 is 0 Å². The lowest BCUT2D eigenvalue weighted by Gasteiger charge is -2.31. The van der Waals surface area contributed by atoms with E-state index in [4.69, 9.17) is 0 Å². The molecule has 1 aliphatic heterocycles. The third-order valence-electron chi connectivity index (χ3n) is 5.58. The normalized spacial score (nSPS) is 16.0. The Bertz CT molecular complexity index is 940. The molecular weight excluding hydrogens is 384 g/mol. The first-order chi connectivity index (χ1) is 13.8. The van der Waals surface area contributed by atoms with Crippen LogP contribution in [0.1, 0.15) is 35.1 Å². The van der Waals surface area contributed by atoms with Crippen LogP contribution in [0.5, 0.6) is 0 Å². The summed E-state index contributed by atoms with van der Waals surface area (Å²) in [5.74, 6) is -0.0990. The van der Waals surface area contributed by atoms with Gasteiger partial charge in [-0.25, -0.2) is 8.42 Å². The van der Waals surface area contributed by atoms with Gasteiger partial charge in [-0.15, -0.1) is 0 Å². The minimum Gasteiger partial charge on any atom is -0.356 e. The number of amides is 1. The van der Waals surface area contributed by atoms with E-state index < -0.39 is 10.0 Å². The molecule has 2 aromatic rings. The topological polar surface area (TPSA) is 66.5 Å². The molecule has 0 unspecified atom stereocenters. The van der Waals surface area contributed by atoms with E-state index in [1.165, 1.54) is 9.87 Å². The fourth-order valence-electron chi connectivity index (χ4n) is 4.18. The molecule has 3 rings (SSSR count). The average Bonchev–Trinajstić information content (AvgIpc) is 2.68. The van der Waals surface area contributed by atoms with E-state index in [1.807, 2.05) is 63.2 Å². The van der Waals surface area contributed by atoms with Crippen LogP contribution in [-0.4, -0.2) is 38.3 Å². The molecule has 0 saturated carbocycles. The second-order valence-corrected chi connectivity index (χ2v) is 9.81. The monoisotopic (exact) mass is 414 g/mol. The number of piperidine rings is 1. The second kappa shape index (κ2) is 9.09. The van der Waals surface area contributed by atoms with Crippen LogP contribution in [0.2, 0.25) is 0 Å². The van der Waals surface area contributed by atoms with E-state index in [0.717, 1.165) is 23.1 Å². The summed E-state index contributed by atoms with van der Waals surface area (Å²) in [4.78, 5) is 12.9. The van der Waals surface area contributed by atoms with Crippen LogP contribution in [0.3, 0.4) is 0 Å². The van der Waals surface area contributed by atoms with E-state index in [1.54, 1.807) is 0 Å². The summed E-state index contributed by atoms with van der Waals surface area (Å²) >= 11 is 0. The Balaban J connectivity index is 1.56. The van der Waals surface area contributed by atoms with Gasteiger partial charge in [0.25, 0.3) is 0 Å². The molecule has 0 atom stereocenters. The lowest BCUT2D eigenvalue weighted by molar-refractivity contribution is -0.126. The first kappa shape index (κ1) is 21.5. The number of nitrogens with one attached hydrogen (secondary N) is 1. The van der Waals surface area contributed by atoms with Gasteiger partial charge in [0.05, 0.1) is 4.90 Å². The van der Waals surface area contributed by atoms with Gasteiger partial charge in [0.2, 0.25) is 15.9 Å². The smallest absolute Gasteiger partial charge is 0.243 e. The van der Waals surface area contributed by atoms with Crippen LogP contribution in [0.15, 0.2) is 47.4 Å². The van der Waals surface area contributed by atoms with Crippen molar-refractivity contribution >= 4 is 15.9 Å². The number of aryl methyl sites for hydroxylation is 3. The van der Waals surface area contributed by atoms with Crippen LogP contribution in [-0.2, 0) is 21.2 Å². The molecule has 29 heavy (non-hydrogen) atoms. The Morgan fingerprint density at radius 2 is 1.62 bits per heavy atom. The lowest BCUT2D eigenvalue weighted by Crippen LogP contribution is -2.43. The molecule has 1 saturated heterocycles. The Kier molecular flexibility index (Phi) is 6.75. The number of carbonyl (C=O) groups excluding carboxylic acids is 1. The Hall–Kier alpha value is -2.18. The van der Waals surface area contributed by atoms with Crippen LogP contribution < -0.4 is 5.32 Å². The maximum Gasteiger partial charge on any atom is 0.243 e. The minimum absolute atomic E-state index is 0.0284. The van der Waals surface area contributed by atoms with Gasteiger partial charge < -0.3 is 5.32 Å². The Morgan fingerprint density at radius 3 is 2.21 bits per heavy atom. The number of sulfonamides is 1. The number of rotatable bonds is 6. The number of hydrogen-bond donors (Lipinski definition) is 1. The number of benzene rings is 2. The molecule has 1 heterocycles. The summed E-state index contributed by atoms with van der Waals surface area (Å²) in [5, 5.41) is 3.00. The van der Waals surface area contributed by atoms with Gasteiger partial charge in [-0.2, -0.15) is 4.31 Å². The molecule has 2 aromatic carbocycles. The van der Waals surface area contributed by atoms with Crippen molar-refractivity contribution in [1.29, 1.82) is 0 Å². The zero-order chi connectivity index (χ0) is 21.0. The molecule has 5 nitrogen and oxygen atoms in total. The zero-order valence-corrected chi connectivity index (χ0v) is 18.3. The van der Waals surface area contributed by atoms with Crippen molar-refractivity contribution < 1.29 is 13.2 Å². The Morgan fingerprint density at radius 1 is 1.03 bits per heavy atom. The zero-order valence-electron chi connectivity index (χ0n) is 17.4.